The lowest BCUT2D eigenvalue weighted by molar-refractivity contribution is -0.192. The molecule has 1 N–H and O–H groups in total. The maximum Gasteiger partial charge on any atom is 0.391 e. The number of hydrogen-bond acceptors (Lipinski definition) is 2. The first-order chi connectivity index (χ1) is 9.16. The second-order valence-electron chi connectivity index (χ2n) is 6.49. The van der Waals surface area contributed by atoms with Gasteiger partial charge in [-0.3, -0.25) is 14.9 Å². The van der Waals surface area contributed by atoms with Crippen molar-refractivity contribution in [2.75, 3.05) is 0 Å². The van der Waals surface area contributed by atoms with E-state index in [0.29, 0.717) is 12.8 Å². The van der Waals surface area contributed by atoms with Crippen molar-refractivity contribution in [3.63, 3.8) is 0 Å². The number of piperidine rings is 1. The number of carbonyl (C=O) groups is 2. The van der Waals surface area contributed by atoms with Gasteiger partial charge in [-0.2, -0.15) is 13.2 Å². The summed E-state index contributed by atoms with van der Waals surface area (Å²) in [5, 5.41) is 2.32. The van der Waals surface area contributed by atoms with Gasteiger partial charge in [0.2, 0.25) is 11.8 Å². The first-order valence-electron chi connectivity index (χ1n) is 7.06. The highest BCUT2D eigenvalue weighted by Crippen LogP contribution is 2.53. The van der Waals surface area contributed by atoms with Gasteiger partial charge in [-0.15, -0.1) is 0 Å². The summed E-state index contributed by atoms with van der Waals surface area (Å²) < 4.78 is 38.3. The van der Waals surface area contributed by atoms with Crippen molar-refractivity contribution in [1.82, 2.24) is 5.32 Å². The van der Waals surface area contributed by atoms with E-state index < -0.39 is 17.5 Å². The van der Waals surface area contributed by atoms with Crippen LogP contribution in [0.5, 0.6) is 0 Å². The van der Waals surface area contributed by atoms with Crippen molar-refractivity contribution in [1.29, 1.82) is 0 Å². The quantitative estimate of drug-likeness (QED) is 0.755. The summed E-state index contributed by atoms with van der Waals surface area (Å²) in [7, 11) is 0. The van der Waals surface area contributed by atoms with Gasteiger partial charge in [-0.1, -0.05) is 13.8 Å². The van der Waals surface area contributed by atoms with E-state index in [1.165, 1.54) is 0 Å². The molecule has 0 bridgehead atoms. The molecule has 1 aliphatic heterocycles. The predicted octanol–water partition coefficient (Wildman–Crippen LogP) is 3.04. The van der Waals surface area contributed by atoms with Gasteiger partial charge in [0.15, 0.2) is 0 Å². The van der Waals surface area contributed by atoms with Gasteiger partial charge >= 0.3 is 6.18 Å². The monoisotopic (exact) mass is 291 g/mol. The molecule has 0 radical (unpaired) electrons. The van der Waals surface area contributed by atoms with E-state index in [-0.39, 0.29) is 42.9 Å². The molecule has 114 valence electrons. The minimum absolute atomic E-state index is 0.0190. The molecule has 1 spiro atoms. The zero-order valence-corrected chi connectivity index (χ0v) is 11.7. The molecule has 1 saturated heterocycles. The number of amides is 2. The highest BCUT2D eigenvalue weighted by molar-refractivity contribution is 5.99. The highest BCUT2D eigenvalue weighted by Gasteiger charge is 2.53. The average Bonchev–Trinajstić information content (AvgIpc) is 2.25. The lowest BCUT2D eigenvalue weighted by Gasteiger charge is -2.48. The van der Waals surface area contributed by atoms with Crippen molar-refractivity contribution in [3.05, 3.63) is 0 Å². The normalized spacial score (nSPS) is 35.5. The van der Waals surface area contributed by atoms with E-state index >= 15 is 0 Å². The third-order valence-electron chi connectivity index (χ3n) is 4.83. The van der Waals surface area contributed by atoms with E-state index in [9.17, 15) is 22.8 Å². The Hall–Kier alpha value is -1.07. The molecule has 2 amide bonds. The molecule has 0 aromatic heterocycles. The Morgan fingerprint density at radius 2 is 1.75 bits per heavy atom. The number of alkyl halides is 3. The first-order valence-corrected chi connectivity index (χ1v) is 7.06. The van der Waals surface area contributed by atoms with Crippen LogP contribution in [-0.4, -0.2) is 18.0 Å². The standard InChI is InChI=1S/C14H20F3NO2/c1-8(2)11-12(20)18-10(19)7-13(11)5-3-9(4-6-13)14(15,16)17/h8-9,11H,3-7H2,1-2H3,(H,18,19,20). The number of halogens is 3. The van der Waals surface area contributed by atoms with Crippen LogP contribution in [0.2, 0.25) is 0 Å². The lowest BCUT2D eigenvalue weighted by atomic mass is 9.57. The number of imide groups is 1. The third kappa shape index (κ3) is 2.69. The molecule has 1 unspecified atom stereocenters. The molecule has 1 aliphatic carbocycles. The summed E-state index contributed by atoms with van der Waals surface area (Å²) in [5.74, 6) is -2.31. The maximum absolute atomic E-state index is 12.8. The fraction of sp³-hybridized carbons (Fsp3) is 0.857. The van der Waals surface area contributed by atoms with Crippen molar-refractivity contribution >= 4 is 11.8 Å². The Morgan fingerprint density at radius 1 is 1.20 bits per heavy atom. The van der Waals surface area contributed by atoms with E-state index in [4.69, 9.17) is 0 Å². The molecule has 2 rings (SSSR count). The number of carbonyl (C=O) groups excluding carboxylic acids is 2. The highest BCUT2D eigenvalue weighted by atomic mass is 19.4. The summed E-state index contributed by atoms with van der Waals surface area (Å²) in [6, 6.07) is 0. The number of nitrogens with one attached hydrogen (secondary N) is 1. The fourth-order valence-electron chi connectivity index (χ4n) is 3.98. The van der Waals surface area contributed by atoms with Gasteiger partial charge in [0, 0.05) is 12.3 Å². The molecule has 1 heterocycles. The van der Waals surface area contributed by atoms with Crippen LogP contribution < -0.4 is 5.32 Å². The largest absolute Gasteiger partial charge is 0.391 e. The fourth-order valence-corrected chi connectivity index (χ4v) is 3.98. The maximum atomic E-state index is 12.8. The smallest absolute Gasteiger partial charge is 0.296 e. The van der Waals surface area contributed by atoms with Crippen molar-refractivity contribution in [2.45, 2.75) is 52.1 Å². The molecule has 2 fully saturated rings. The van der Waals surface area contributed by atoms with Crippen LogP contribution in [0.3, 0.4) is 0 Å². The van der Waals surface area contributed by atoms with Gasteiger partial charge in [0.05, 0.1) is 5.92 Å². The minimum Gasteiger partial charge on any atom is -0.296 e. The van der Waals surface area contributed by atoms with E-state index in [1.807, 2.05) is 13.8 Å². The first kappa shape index (κ1) is 15.3. The van der Waals surface area contributed by atoms with Crippen LogP contribution in [0.4, 0.5) is 13.2 Å². The van der Waals surface area contributed by atoms with E-state index in [1.54, 1.807) is 0 Å². The molecular formula is C14H20F3NO2. The molecule has 3 nitrogen and oxygen atoms in total. The number of rotatable bonds is 1. The Bertz CT molecular complexity index is 409. The molecule has 0 aromatic carbocycles. The molecule has 0 aromatic rings. The summed E-state index contributed by atoms with van der Waals surface area (Å²) in [6.45, 7) is 3.77. The van der Waals surface area contributed by atoms with E-state index in [2.05, 4.69) is 5.32 Å². The predicted molar refractivity (Wildman–Crippen MR) is 66.5 cm³/mol. The minimum atomic E-state index is -4.17. The Morgan fingerprint density at radius 3 is 2.20 bits per heavy atom. The zero-order valence-electron chi connectivity index (χ0n) is 11.7. The summed E-state index contributed by atoms with van der Waals surface area (Å²) >= 11 is 0. The topological polar surface area (TPSA) is 46.2 Å². The van der Waals surface area contributed by atoms with Gasteiger partial charge in [-0.05, 0) is 37.0 Å². The molecule has 1 atom stereocenters. The Balaban J connectivity index is 2.20. The van der Waals surface area contributed by atoms with Crippen LogP contribution in [0.1, 0.15) is 46.0 Å². The van der Waals surface area contributed by atoms with E-state index in [0.717, 1.165) is 0 Å². The summed E-state index contributed by atoms with van der Waals surface area (Å²) in [6.07, 6.45) is -3.35. The molecule has 6 heteroatoms. The second-order valence-corrected chi connectivity index (χ2v) is 6.49. The summed E-state index contributed by atoms with van der Waals surface area (Å²) in [5.41, 5.74) is -0.574. The van der Waals surface area contributed by atoms with Crippen LogP contribution >= 0.6 is 0 Å². The molecule has 2 aliphatic rings. The SMILES string of the molecule is CC(C)C1C(=O)NC(=O)CC12CCC(C(F)(F)F)CC2. The number of hydrogen-bond donors (Lipinski definition) is 1. The molecule has 20 heavy (non-hydrogen) atoms. The van der Waals surface area contributed by atoms with Crippen molar-refractivity contribution in [2.24, 2.45) is 23.2 Å². The third-order valence-corrected chi connectivity index (χ3v) is 4.83. The Kier molecular flexibility index (Phi) is 3.86. The lowest BCUT2D eigenvalue weighted by Crippen LogP contribution is -2.55. The van der Waals surface area contributed by atoms with Gasteiger partial charge < -0.3 is 0 Å². The Labute approximate surface area is 116 Å². The van der Waals surface area contributed by atoms with Crippen molar-refractivity contribution < 1.29 is 22.8 Å². The average molecular weight is 291 g/mol. The van der Waals surface area contributed by atoms with Crippen LogP contribution in [0.25, 0.3) is 0 Å². The zero-order chi connectivity index (χ0) is 15.1. The van der Waals surface area contributed by atoms with Gasteiger partial charge in [0.1, 0.15) is 0 Å². The van der Waals surface area contributed by atoms with Gasteiger partial charge in [-0.25, -0.2) is 0 Å². The second kappa shape index (κ2) is 5.04. The van der Waals surface area contributed by atoms with Crippen LogP contribution in [0.15, 0.2) is 0 Å². The van der Waals surface area contributed by atoms with Crippen LogP contribution in [0, 0.1) is 23.2 Å². The van der Waals surface area contributed by atoms with Gasteiger partial charge in [0.25, 0.3) is 0 Å². The molecule has 1 saturated carbocycles. The summed E-state index contributed by atoms with van der Waals surface area (Å²) in [4.78, 5) is 23.7. The van der Waals surface area contributed by atoms with Crippen molar-refractivity contribution in [3.8, 4) is 0 Å². The molecular weight excluding hydrogens is 271 g/mol. The van der Waals surface area contributed by atoms with Crippen LogP contribution in [-0.2, 0) is 9.59 Å².